The first-order chi connectivity index (χ1) is 8.35. The van der Waals surface area contributed by atoms with Gasteiger partial charge in [0, 0.05) is 28.9 Å². The van der Waals surface area contributed by atoms with Crippen molar-refractivity contribution in [3.05, 3.63) is 16.3 Å². The van der Waals surface area contributed by atoms with E-state index in [0.29, 0.717) is 17.5 Å². The van der Waals surface area contributed by atoms with Crippen molar-refractivity contribution in [2.75, 3.05) is 0 Å². The first-order valence-corrected chi connectivity index (χ1v) is 8.54. The molecule has 0 spiro atoms. The third-order valence-electron chi connectivity index (χ3n) is 2.59. The van der Waals surface area contributed by atoms with E-state index < -0.39 is 10.0 Å². The van der Waals surface area contributed by atoms with Gasteiger partial charge in [0.25, 0.3) is 0 Å². The largest absolute Gasteiger partial charge is 0.310 e. The fourth-order valence-corrected chi connectivity index (χ4v) is 3.87. The molecule has 0 saturated heterocycles. The molecule has 0 saturated carbocycles. The maximum Gasteiger partial charge on any atom is 0.241 e. The maximum absolute atomic E-state index is 12.0. The van der Waals surface area contributed by atoms with E-state index in [4.69, 9.17) is 0 Å². The predicted octanol–water partition coefficient (Wildman–Crippen LogP) is 2.32. The fourth-order valence-electron chi connectivity index (χ4n) is 1.32. The number of sulfonamides is 1. The smallest absolute Gasteiger partial charge is 0.241 e. The zero-order chi connectivity index (χ0) is 13.8. The summed E-state index contributed by atoms with van der Waals surface area (Å²) in [5.74, 6) is 0. The van der Waals surface area contributed by atoms with Crippen LogP contribution in [0.2, 0.25) is 0 Å². The quantitative estimate of drug-likeness (QED) is 0.810. The van der Waals surface area contributed by atoms with Crippen LogP contribution >= 0.6 is 11.3 Å². The third kappa shape index (κ3) is 4.68. The molecule has 0 aliphatic carbocycles. The lowest BCUT2D eigenvalue weighted by Crippen LogP contribution is -2.31. The molecule has 0 amide bonds. The lowest BCUT2D eigenvalue weighted by Gasteiger charge is -2.10. The Bertz CT molecular complexity index is 466. The van der Waals surface area contributed by atoms with Crippen LogP contribution in [-0.2, 0) is 16.6 Å². The first-order valence-electron chi connectivity index (χ1n) is 6.18. The van der Waals surface area contributed by atoms with Crippen LogP contribution in [0, 0.1) is 0 Å². The lowest BCUT2D eigenvalue weighted by molar-refractivity contribution is 0.556. The summed E-state index contributed by atoms with van der Waals surface area (Å²) in [5, 5.41) is 4.97. The molecule has 1 unspecified atom stereocenters. The van der Waals surface area contributed by atoms with Gasteiger partial charge in [-0.3, -0.25) is 0 Å². The molecule has 0 fully saturated rings. The molecule has 1 aromatic rings. The van der Waals surface area contributed by atoms with Gasteiger partial charge < -0.3 is 5.32 Å². The third-order valence-corrected chi connectivity index (χ3v) is 5.25. The summed E-state index contributed by atoms with van der Waals surface area (Å²) in [6, 6.07) is 2.10. The summed E-state index contributed by atoms with van der Waals surface area (Å²) in [7, 11) is -3.36. The molecule has 2 N–H and O–H groups in total. The number of hydrogen-bond donors (Lipinski definition) is 2. The van der Waals surface area contributed by atoms with Gasteiger partial charge in [-0.05, 0) is 19.4 Å². The average Bonchev–Trinajstić information content (AvgIpc) is 2.75. The molecule has 1 atom stereocenters. The second-order valence-electron chi connectivity index (χ2n) is 4.71. The predicted molar refractivity (Wildman–Crippen MR) is 76.4 cm³/mol. The monoisotopic (exact) mass is 290 g/mol. The van der Waals surface area contributed by atoms with Crippen LogP contribution in [0.25, 0.3) is 0 Å². The highest BCUT2D eigenvalue weighted by atomic mass is 32.2. The molecule has 0 bridgehead atoms. The van der Waals surface area contributed by atoms with Gasteiger partial charge in [0.1, 0.15) is 0 Å². The molecule has 0 aliphatic heterocycles. The SMILES string of the molecule is CCC(C)NS(=O)(=O)c1csc(CNC(C)C)c1. The van der Waals surface area contributed by atoms with Crippen molar-refractivity contribution in [1.29, 1.82) is 0 Å². The van der Waals surface area contributed by atoms with Gasteiger partial charge >= 0.3 is 0 Å². The van der Waals surface area contributed by atoms with Crippen LogP contribution in [-0.4, -0.2) is 20.5 Å². The standard InChI is InChI=1S/C12H22N2O2S2/c1-5-10(4)14-18(15,16)12-6-11(17-8-12)7-13-9(2)3/h6,8-10,13-14H,5,7H2,1-4H3. The van der Waals surface area contributed by atoms with Gasteiger partial charge in [0.05, 0.1) is 4.90 Å². The van der Waals surface area contributed by atoms with Gasteiger partial charge in [-0.2, -0.15) is 0 Å². The van der Waals surface area contributed by atoms with Crippen molar-refractivity contribution in [3.8, 4) is 0 Å². The van der Waals surface area contributed by atoms with Gasteiger partial charge in [-0.25, -0.2) is 13.1 Å². The molecular weight excluding hydrogens is 268 g/mol. The minimum Gasteiger partial charge on any atom is -0.310 e. The minimum absolute atomic E-state index is 0.0351. The molecule has 104 valence electrons. The molecule has 0 radical (unpaired) electrons. The molecule has 1 rings (SSSR count). The van der Waals surface area contributed by atoms with E-state index in [2.05, 4.69) is 23.9 Å². The van der Waals surface area contributed by atoms with Crippen LogP contribution in [0.3, 0.4) is 0 Å². The minimum atomic E-state index is -3.36. The number of hydrogen-bond acceptors (Lipinski definition) is 4. The van der Waals surface area contributed by atoms with Crippen molar-refractivity contribution in [2.45, 2.75) is 57.6 Å². The Kier molecular flexibility index (Phi) is 5.78. The molecule has 6 heteroatoms. The number of rotatable bonds is 7. The van der Waals surface area contributed by atoms with E-state index in [1.165, 1.54) is 11.3 Å². The second-order valence-corrected chi connectivity index (χ2v) is 7.42. The van der Waals surface area contributed by atoms with Gasteiger partial charge in [0.15, 0.2) is 0 Å². The van der Waals surface area contributed by atoms with E-state index in [1.807, 2.05) is 13.8 Å². The summed E-state index contributed by atoms with van der Waals surface area (Å²) in [4.78, 5) is 1.40. The Balaban J connectivity index is 2.72. The maximum atomic E-state index is 12.0. The molecule has 1 heterocycles. The summed E-state index contributed by atoms with van der Waals surface area (Å²) < 4.78 is 26.7. The Morgan fingerprint density at radius 1 is 1.33 bits per heavy atom. The average molecular weight is 290 g/mol. The van der Waals surface area contributed by atoms with Crippen molar-refractivity contribution in [1.82, 2.24) is 10.0 Å². The molecule has 1 aromatic heterocycles. The lowest BCUT2D eigenvalue weighted by atomic mass is 10.3. The first kappa shape index (κ1) is 15.6. The Morgan fingerprint density at radius 2 is 2.00 bits per heavy atom. The summed E-state index contributed by atoms with van der Waals surface area (Å²) in [5.41, 5.74) is 0. The molecule has 18 heavy (non-hydrogen) atoms. The zero-order valence-corrected chi connectivity index (χ0v) is 13.0. The number of nitrogens with one attached hydrogen (secondary N) is 2. The summed E-state index contributed by atoms with van der Waals surface area (Å²) in [6.07, 6.45) is 0.783. The van der Waals surface area contributed by atoms with Crippen molar-refractivity contribution in [3.63, 3.8) is 0 Å². The van der Waals surface area contributed by atoms with Crippen molar-refractivity contribution in [2.24, 2.45) is 0 Å². The summed E-state index contributed by atoms with van der Waals surface area (Å²) >= 11 is 1.47. The second kappa shape index (κ2) is 6.65. The Labute approximate surface area is 114 Å². The molecule has 0 aromatic carbocycles. The van der Waals surface area contributed by atoms with Crippen LogP contribution in [0.1, 0.15) is 39.0 Å². The highest BCUT2D eigenvalue weighted by molar-refractivity contribution is 7.89. The van der Waals surface area contributed by atoms with Crippen LogP contribution in [0.4, 0.5) is 0 Å². The Hall–Kier alpha value is -0.430. The highest BCUT2D eigenvalue weighted by Gasteiger charge is 2.18. The van der Waals surface area contributed by atoms with E-state index in [9.17, 15) is 8.42 Å². The zero-order valence-electron chi connectivity index (χ0n) is 11.4. The summed E-state index contributed by atoms with van der Waals surface area (Å²) in [6.45, 7) is 8.66. The number of thiophene rings is 1. The van der Waals surface area contributed by atoms with Gasteiger partial charge in [-0.1, -0.05) is 20.8 Å². The van der Waals surface area contributed by atoms with Crippen LogP contribution in [0.15, 0.2) is 16.3 Å². The van der Waals surface area contributed by atoms with Crippen LogP contribution in [0.5, 0.6) is 0 Å². The topological polar surface area (TPSA) is 58.2 Å². The normalized spacial score (nSPS) is 14.1. The van der Waals surface area contributed by atoms with E-state index in [1.54, 1.807) is 11.4 Å². The fraction of sp³-hybridized carbons (Fsp3) is 0.667. The Morgan fingerprint density at radius 3 is 2.56 bits per heavy atom. The van der Waals surface area contributed by atoms with E-state index >= 15 is 0 Å². The highest BCUT2D eigenvalue weighted by Crippen LogP contribution is 2.19. The molecular formula is C12H22N2O2S2. The molecule has 0 aliphatic rings. The van der Waals surface area contributed by atoms with Gasteiger partial charge in [-0.15, -0.1) is 11.3 Å². The van der Waals surface area contributed by atoms with Gasteiger partial charge in [0.2, 0.25) is 10.0 Å². The van der Waals surface area contributed by atoms with Crippen molar-refractivity contribution < 1.29 is 8.42 Å². The van der Waals surface area contributed by atoms with Crippen LogP contribution < -0.4 is 10.0 Å². The van der Waals surface area contributed by atoms with Crippen molar-refractivity contribution >= 4 is 21.4 Å². The molecule has 4 nitrogen and oxygen atoms in total. The van der Waals surface area contributed by atoms with E-state index in [-0.39, 0.29) is 6.04 Å². The van der Waals surface area contributed by atoms with E-state index in [0.717, 1.165) is 11.3 Å².